The Morgan fingerprint density at radius 1 is 1.57 bits per heavy atom. The van der Waals surface area contributed by atoms with Gasteiger partial charge in [-0.15, -0.1) is 0 Å². The van der Waals surface area contributed by atoms with Crippen molar-refractivity contribution in [2.24, 2.45) is 16.1 Å². The van der Waals surface area contributed by atoms with Crippen molar-refractivity contribution in [3.8, 4) is 6.07 Å². The number of rotatable bonds is 3. The highest BCUT2D eigenvalue weighted by molar-refractivity contribution is 5.80. The molecule has 0 radical (unpaired) electrons. The average molecular weight is 193 g/mol. The van der Waals surface area contributed by atoms with E-state index < -0.39 is 0 Å². The molecule has 0 spiro atoms. The van der Waals surface area contributed by atoms with Crippen molar-refractivity contribution < 1.29 is 0 Å². The maximum atomic E-state index is 8.70. The molecule has 3 nitrogen and oxygen atoms in total. The lowest BCUT2D eigenvalue weighted by Gasteiger charge is -2.18. The molecule has 1 atom stereocenters. The number of hydrogen-bond acceptors (Lipinski definition) is 3. The van der Waals surface area contributed by atoms with E-state index in [2.05, 4.69) is 31.8 Å². The van der Waals surface area contributed by atoms with Crippen LogP contribution in [-0.2, 0) is 0 Å². The first-order chi connectivity index (χ1) is 6.45. The van der Waals surface area contributed by atoms with E-state index in [1.165, 1.54) is 0 Å². The number of nitriles is 1. The maximum absolute atomic E-state index is 8.70. The third kappa shape index (κ3) is 4.08. The maximum Gasteiger partial charge on any atom is 0.136 e. The van der Waals surface area contributed by atoms with Crippen molar-refractivity contribution in [1.29, 1.82) is 5.26 Å². The predicted molar refractivity (Wildman–Crippen MR) is 59.9 cm³/mol. The molecule has 14 heavy (non-hydrogen) atoms. The molecule has 0 aliphatic rings. The number of nitrogens with zero attached hydrogens (tertiary/aromatic N) is 2. The minimum absolute atomic E-state index is 0.0218. The zero-order chi connectivity index (χ0) is 11.2. The molecule has 0 aliphatic heterocycles. The fourth-order valence-corrected chi connectivity index (χ4v) is 0.887. The Hall–Kier alpha value is -1.30. The Bertz CT molecular complexity index is 263. The second-order valence-electron chi connectivity index (χ2n) is 4.20. The third-order valence-electron chi connectivity index (χ3n) is 1.97. The Morgan fingerprint density at radius 3 is 2.43 bits per heavy atom. The molecule has 0 heterocycles. The van der Waals surface area contributed by atoms with E-state index in [-0.39, 0.29) is 11.5 Å². The van der Waals surface area contributed by atoms with Crippen molar-refractivity contribution in [2.75, 3.05) is 0 Å². The largest absolute Gasteiger partial charge is 0.404 e. The van der Waals surface area contributed by atoms with E-state index in [1.54, 1.807) is 12.4 Å². The lowest BCUT2D eigenvalue weighted by atomic mass is 9.88. The summed E-state index contributed by atoms with van der Waals surface area (Å²) in [5.74, 6) is 0. The summed E-state index contributed by atoms with van der Waals surface area (Å²) >= 11 is 0. The summed E-state index contributed by atoms with van der Waals surface area (Å²) in [6.07, 6.45) is 3.99. The van der Waals surface area contributed by atoms with Gasteiger partial charge >= 0.3 is 0 Å². The Morgan fingerprint density at radius 2 is 2.14 bits per heavy atom. The Labute approximate surface area is 86.3 Å². The topological polar surface area (TPSA) is 62.2 Å². The van der Waals surface area contributed by atoms with Crippen LogP contribution in [0.25, 0.3) is 0 Å². The van der Waals surface area contributed by atoms with Crippen molar-refractivity contribution in [2.45, 2.75) is 40.2 Å². The van der Waals surface area contributed by atoms with Crippen LogP contribution in [0, 0.1) is 16.7 Å². The second kappa shape index (κ2) is 5.43. The fraction of sp³-hybridized carbons (Fsp3) is 0.636. The van der Waals surface area contributed by atoms with Gasteiger partial charge in [-0.3, -0.25) is 4.99 Å². The highest BCUT2D eigenvalue weighted by atomic mass is 14.8. The molecule has 1 unspecified atom stereocenters. The van der Waals surface area contributed by atoms with Crippen molar-refractivity contribution in [3.05, 3.63) is 11.8 Å². The Balaban J connectivity index is 4.58. The molecule has 0 fully saturated rings. The number of nitrogens with two attached hydrogens (primary N) is 1. The minimum Gasteiger partial charge on any atom is -0.404 e. The molecule has 0 aromatic heterocycles. The second-order valence-corrected chi connectivity index (χ2v) is 4.20. The van der Waals surface area contributed by atoms with Gasteiger partial charge < -0.3 is 5.73 Å². The first kappa shape index (κ1) is 12.7. The molecule has 78 valence electrons. The van der Waals surface area contributed by atoms with Crippen molar-refractivity contribution >= 4 is 6.21 Å². The first-order valence-corrected chi connectivity index (χ1v) is 4.80. The van der Waals surface area contributed by atoms with Gasteiger partial charge in [-0.1, -0.05) is 27.7 Å². The van der Waals surface area contributed by atoms with Crippen LogP contribution >= 0.6 is 0 Å². The molecule has 0 saturated heterocycles. The molecule has 0 aromatic carbocycles. The van der Waals surface area contributed by atoms with E-state index in [1.807, 2.05) is 6.92 Å². The molecular formula is C11H19N3. The van der Waals surface area contributed by atoms with Crippen LogP contribution < -0.4 is 5.73 Å². The Kier molecular flexibility index (Phi) is 4.93. The summed E-state index contributed by atoms with van der Waals surface area (Å²) in [5, 5.41) is 8.70. The summed E-state index contributed by atoms with van der Waals surface area (Å²) in [7, 11) is 0. The first-order valence-electron chi connectivity index (χ1n) is 4.80. The minimum atomic E-state index is -0.257. The molecule has 3 heteroatoms. The van der Waals surface area contributed by atoms with Crippen LogP contribution in [-0.4, -0.2) is 12.3 Å². The van der Waals surface area contributed by atoms with Gasteiger partial charge in [0.25, 0.3) is 0 Å². The standard InChI is InChI=1S/C11H19N3/c1-5-10(7-13)14-8-9(6-12)11(2,3)4/h6,8,10H,5,12H2,1-4H3/b9-6+,14-8-. The molecule has 2 N–H and O–H groups in total. The van der Waals surface area contributed by atoms with Gasteiger partial charge in [0, 0.05) is 6.21 Å². The molecule has 0 saturated carbocycles. The SMILES string of the molecule is CCC(C#N)/N=C\C(=C/N)C(C)(C)C. The summed E-state index contributed by atoms with van der Waals surface area (Å²) < 4.78 is 0. The van der Waals surface area contributed by atoms with Gasteiger partial charge in [-0.05, 0) is 23.6 Å². The van der Waals surface area contributed by atoms with Gasteiger partial charge in [0.05, 0.1) is 6.07 Å². The van der Waals surface area contributed by atoms with Gasteiger partial charge in [-0.2, -0.15) is 5.26 Å². The fourth-order valence-electron chi connectivity index (χ4n) is 0.887. The average Bonchev–Trinajstić information content (AvgIpc) is 2.10. The molecule has 0 amide bonds. The molecule has 0 aliphatic carbocycles. The molecular weight excluding hydrogens is 174 g/mol. The molecule has 0 bridgehead atoms. The smallest absolute Gasteiger partial charge is 0.136 e. The van der Waals surface area contributed by atoms with Gasteiger partial charge in [-0.25, -0.2) is 0 Å². The summed E-state index contributed by atoms with van der Waals surface area (Å²) in [6, 6.07) is 1.86. The summed E-state index contributed by atoms with van der Waals surface area (Å²) in [6.45, 7) is 8.12. The van der Waals surface area contributed by atoms with Crippen LogP contribution in [0.4, 0.5) is 0 Å². The van der Waals surface area contributed by atoms with Crippen LogP contribution in [0.3, 0.4) is 0 Å². The van der Waals surface area contributed by atoms with E-state index >= 15 is 0 Å². The van der Waals surface area contributed by atoms with Crippen molar-refractivity contribution in [3.63, 3.8) is 0 Å². The zero-order valence-corrected chi connectivity index (χ0v) is 9.41. The normalized spacial score (nSPS) is 15.5. The number of allylic oxidation sites excluding steroid dienone is 1. The quantitative estimate of drug-likeness (QED) is 0.699. The summed E-state index contributed by atoms with van der Waals surface area (Å²) in [4.78, 5) is 4.16. The molecule has 0 rings (SSSR count). The van der Waals surface area contributed by atoms with Crippen LogP contribution in [0.5, 0.6) is 0 Å². The van der Waals surface area contributed by atoms with Crippen molar-refractivity contribution in [1.82, 2.24) is 0 Å². The number of hydrogen-bond donors (Lipinski definition) is 1. The summed E-state index contributed by atoms with van der Waals surface area (Å²) in [5.41, 5.74) is 6.42. The van der Waals surface area contributed by atoms with Gasteiger partial charge in [0.1, 0.15) is 6.04 Å². The lowest BCUT2D eigenvalue weighted by molar-refractivity contribution is 0.525. The van der Waals surface area contributed by atoms with Gasteiger partial charge in [0.15, 0.2) is 0 Å². The van der Waals surface area contributed by atoms with E-state index in [0.29, 0.717) is 0 Å². The van der Waals surface area contributed by atoms with Crippen LogP contribution in [0.1, 0.15) is 34.1 Å². The zero-order valence-electron chi connectivity index (χ0n) is 9.41. The predicted octanol–water partition coefficient (Wildman–Crippen LogP) is 2.25. The lowest BCUT2D eigenvalue weighted by Crippen LogP contribution is -2.13. The van der Waals surface area contributed by atoms with Gasteiger partial charge in [0.2, 0.25) is 0 Å². The monoisotopic (exact) mass is 193 g/mol. The highest BCUT2D eigenvalue weighted by Gasteiger charge is 2.14. The third-order valence-corrected chi connectivity index (χ3v) is 1.97. The van der Waals surface area contributed by atoms with E-state index in [9.17, 15) is 0 Å². The molecule has 0 aromatic rings. The highest BCUT2D eigenvalue weighted by Crippen LogP contribution is 2.22. The number of aliphatic imine (C=N–C) groups is 1. The van der Waals surface area contributed by atoms with E-state index in [4.69, 9.17) is 11.0 Å². The van der Waals surface area contributed by atoms with E-state index in [0.717, 1.165) is 12.0 Å². The van der Waals surface area contributed by atoms with Crippen LogP contribution in [0.15, 0.2) is 16.8 Å². The van der Waals surface area contributed by atoms with Crippen LogP contribution in [0.2, 0.25) is 0 Å².